The van der Waals surface area contributed by atoms with Gasteiger partial charge in [-0.05, 0) is 69.1 Å². The van der Waals surface area contributed by atoms with E-state index in [4.69, 9.17) is 24.3 Å². The van der Waals surface area contributed by atoms with Crippen LogP contribution in [-0.2, 0) is 14.8 Å². The highest BCUT2D eigenvalue weighted by atomic mass is 16.7. The van der Waals surface area contributed by atoms with E-state index in [-0.39, 0.29) is 22.9 Å². The molecule has 0 bridgehead atoms. The van der Waals surface area contributed by atoms with Gasteiger partial charge in [-0.3, -0.25) is 4.79 Å². The second-order valence-corrected chi connectivity index (χ2v) is 11.8. The van der Waals surface area contributed by atoms with E-state index in [0.717, 1.165) is 18.1 Å². The van der Waals surface area contributed by atoms with Crippen LogP contribution in [0.2, 0.25) is 0 Å². The molecule has 0 radical (unpaired) electrons. The Bertz CT molecular complexity index is 1740. The van der Waals surface area contributed by atoms with Gasteiger partial charge in [-0.2, -0.15) is 5.10 Å². The zero-order valence-electron chi connectivity index (χ0n) is 25.6. The lowest BCUT2D eigenvalue weighted by Gasteiger charge is -2.41. The first-order valence-electron chi connectivity index (χ1n) is 14.2. The fourth-order valence-electron chi connectivity index (χ4n) is 6.01. The predicted octanol–water partition coefficient (Wildman–Crippen LogP) is 4.07. The topological polar surface area (TPSA) is 153 Å². The summed E-state index contributed by atoms with van der Waals surface area (Å²) >= 11 is 0. The molecule has 3 aliphatic rings. The molecule has 1 saturated heterocycles. The predicted molar refractivity (Wildman–Crippen MR) is 170 cm³/mol. The second kappa shape index (κ2) is 11.4. The van der Waals surface area contributed by atoms with Gasteiger partial charge >= 0.3 is 7.12 Å². The summed E-state index contributed by atoms with van der Waals surface area (Å²) in [5, 5.41) is 34.0. The highest BCUT2D eigenvalue weighted by Crippen LogP contribution is 2.58. The molecule has 10 nitrogen and oxygen atoms in total. The van der Waals surface area contributed by atoms with Crippen LogP contribution in [0.4, 0.5) is 0 Å². The van der Waals surface area contributed by atoms with Crippen LogP contribution in [0.1, 0.15) is 60.3 Å². The van der Waals surface area contributed by atoms with Gasteiger partial charge < -0.3 is 34.8 Å². The van der Waals surface area contributed by atoms with Crippen LogP contribution in [-0.4, -0.2) is 63.4 Å². The number of hydrazone groups is 1. The summed E-state index contributed by atoms with van der Waals surface area (Å²) in [6, 6.07) is 24.7. The number of carbonyl (C=O) groups excluding carboxylic acids is 1. The van der Waals surface area contributed by atoms with Crippen molar-refractivity contribution in [2.75, 3.05) is 7.11 Å². The normalized spacial score (nSPS) is 18.0. The van der Waals surface area contributed by atoms with Crippen LogP contribution in [0.3, 0.4) is 0 Å². The zero-order chi connectivity index (χ0) is 31.4. The first-order chi connectivity index (χ1) is 21.0. The van der Waals surface area contributed by atoms with Crippen LogP contribution in [0.15, 0.2) is 90.0 Å². The van der Waals surface area contributed by atoms with E-state index in [0.29, 0.717) is 33.8 Å². The highest BCUT2D eigenvalue weighted by Gasteiger charge is 2.57. The highest BCUT2D eigenvalue weighted by molar-refractivity contribution is 6.63. The molecular weight excluding hydrogens is 575 g/mol. The molecule has 0 aromatic heterocycles. The van der Waals surface area contributed by atoms with Gasteiger partial charge in [0.2, 0.25) is 0 Å². The number of carbonyl (C=O) groups is 1. The van der Waals surface area contributed by atoms with Crippen LogP contribution in [0, 0.1) is 0 Å². The maximum Gasteiger partial charge on any atom is 0.495 e. The summed E-state index contributed by atoms with van der Waals surface area (Å²) in [6.07, 6.45) is 1.65. The molecule has 0 saturated carbocycles. The maximum atomic E-state index is 14.2. The molecule has 4 aromatic rings. The lowest BCUT2D eigenvalue weighted by molar-refractivity contribution is 0.00578. The van der Waals surface area contributed by atoms with E-state index in [9.17, 15) is 15.0 Å². The van der Waals surface area contributed by atoms with Gasteiger partial charge in [-0.1, -0.05) is 42.5 Å². The summed E-state index contributed by atoms with van der Waals surface area (Å²) in [4.78, 5) is 14.2. The molecule has 1 fully saturated rings. The molecule has 3 heterocycles. The van der Waals surface area contributed by atoms with E-state index < -0.39 is 23.9 Å². The number of hydrogen-bond donors (Lipinski definition) is 3. The number of aromatic hydroxyl groups is 2. The molecule has 232 valence electrons. The van der Waals surface area contributed by atoms with Crippen molar-refractivity contribution in [3.05, 3.63) is 113 Å². The van der Waals surface area contributed by atoms with E-state index >= 15 is 0 Å². The van der Waals surface area contributed by atoms with Crippen molar-refractivity contribution in [1.29, 1.82) is 0 Å². The van der Waals surface area contributed by atoms with Gasteiger partial charge in [0.25, 0.3) is 5.91 Å². The van der Waals surface area contributed by atoms with Crippen LogP contribution in [0.25, 0.3) is 0 Å². The lowest BCUT2D eigenvalue weighted by Crippen LogP contribution is -2.44. The minimum absolute atomic E-state index is 0. The number of phenolic OH excluding ortho intramolecular Hbond substituents is 2. The van der Waals surface area contributed by atoms with Crippen LogP contribution < -0.4 is 10.2 Å². The van der Waals surface area contributed by atoms with Gasteiger partial charge in [0, 0.05) is 41.5 Å². The van der Waals surface area contributed by atoms with Crippen molar-refractivity contribution in [2.24, 2.45) is 5.10 Å². The fourth-order valence-corrected chi connectivity index (χ4v) is 6.01. The summed E-state index contributed by atoms with van der Waals surface area (Å²) in [5.74, 6) is 0.439. The van der Waals surface area contributed by atoms with Crippen molar-refractivity contribution in [3.8, 4) is 23.0 Å². The first kappa shape index (κ1) is 31.7. The monoisotopic (exact) mass is 610 g/mol. The number of ether oxygens (including phenoxy) is 1. The number of aliphatic hydroxyl groups is 1. The number of amides is 1. The Morgan fingerprint density at radius 1 is 0.756 bits per heavy atom. The fraction of sp³-hybridized carbons (Fsp3) is 0.235. The standard InChI is InChI=1S/C33H29BN2O6.CH4O.H2O/c1-31(2)32(3,4)42-34(41-31)27-12-8-5-9-20(27)19-35-36-30(39)23-10-6-7-11-24(23)33(36)25-15-13-21(37)17-28(25)40-29-18-22(38)14-16-26(29)33;1-2;/h5-19,37-38H,1-4H3;2H,1H3;1H2/b35-19+;;. The first-order valence-corrected chi connectivity index (χ1v) is 14.2. The molecule has 5 N–H and O–H groups in total. The molecule has 0 aliphatic carbocycles. The van der Waals surface area contributed by atoms with Gasteiger partial charge in [0.15, 0.2) is 0 Å². The van der Waals surface area contributed by atoms with E-state index in [1.807, 2.05) is 70.2 Å². The molecule has 11 heteroatoms. The number of aliphatic hydroxyl groups excluding tert-OH is 1. The minimum atomic E-state index is -1.23. The Morgan fingerprint density at radius 3 is 1.89 bits per heavy atom. The third-order valence-electron chi connectivity index (χ3n) is 8.80. The molecule has 4 aromatic carbocycles. The van der Waals surface area contributed by atoms with Crippen molar-refractivity contribution >= 4 is 24.7 Å². The number of nitrogens with zero attached hydrogens (tertiary/aromatic N) is 2. The Labute approximate surface area is 261 Å². The number of rotatable bonds is 3. The van der Waals surface area contributed by atoms with Gasteiger partial charge in [0.1, 0.15) is 28.5 Å². The van der Waals surface area contributed by atoms with Gasteiger partial charge in [0.05, 0.1) is 17.4 Å². The van der Waals surface area contributed by atoms with Crippen molar-refractivity contribution in [3.63, 3.8) is 0 Å². The molecule has 0 unspecified atom stereocenters. The molecule has 3 aliphatic heterocycles. The van der Waals surface area contributed by atoms with Crippen molar-refractivity contribution < 1.29 is 39.6 Å². The summed E-state index contributed by atoms with van der Waals surface area (Å²) in [5.41, 5.74) is 1.73. The van der Waals surface area contributed by atoms with E-state index in [1.54, 1.807) is 36.5 Å². The smallest absolute Gasteiger partial charge is 0.495 e. The van der Waals surface area contributed by atoms with E-state index in [2.05, 4.69) is 0 Å². The summed E-state index contributed by atoms with van der Waals surface area (Å²) in [7, 11) is 0.383. The largest absolute Gasteiger partial charge is 0.508 e. The lowest BCUT2D eigenvalue weighted by atomic mass is 9.75. The molecule has 1 spiro atoms. The van der Waals surface area contributed by atoms with Crippen molar-refractivity contribution in [1.82, 2.24) is 5.01 Å². The number of hydrogen-bond acceptors (Lipinski definition) is 8. The number of benzene rings is 4. The Hall–Kier alpha value is -4.68. The Kier molecular flexibility index (Phi) is 8.01. The third-order valence-corrected chi connectivity index (χ3v) is 8.80. The maximum absolute atomic E-state index is 14.2. The van der Waals surface area contributed by atoms with Crippen LogP contribution in [0.5, 0.6) is 23.0 Å². The number of phenols is 2. The van der Waals surface area contributed by atoms with Gasteiger partial charge in [-0.25, -0.2) is 5.01 Å². The molecule has 0 atom stereocenters. The molecule has 1 amide bonds. The van der Waals surface area contributed by atoms with Crippen molar-refractivity contribution in [2.45, 2.75) is 44.4 Å². The van der Waals surface area contributed by atoms with E-state index in [1.165, 1.54) is 17.1 Å². The Balaban J connectivity index is 0.00000131. The third kappa shape index (κ3) is 4.76. The molecular formula is C34H35BN2O8. The van der Waals surface area contributed by atoms with Crippen LogP contribution >= 0.6 is 0 Å². The Morgan fingerprint density at radius 2 is 1.29 bits per heavy atom. The summed E-state index contributed by atoms with van der Waals surface area (Å²) in [6.45, 7) is 8.01. The second-order valence-electron chi connectivity index (χ2n) is 11.8. The quantitative estimate of drug-likeness (QED) is 0.234. The van der Waals surface area contributed by atoms with Gasteiger partial charge in [-0.15, -0.1) is 0 Å². The minimum Gasteiger partial charge on any atom is -0.508 e. The molecule has 45 heavy (non-hydrogen) atoms. The summed E-state index contributed by atoms with van der Waals surface area (Å²) < 4.78 is 18.8. The average molecular weight is 610 g/mol. The average Bonchev–Trinajstić information content (AvgIpc) is 3.37. The SMILES string of the molecule is CC1(C)OB(c2ccccc2/C=N/N2C(=O)c3ccccc3C23c2ccc(O)cc2Oc2cc(O)ccc23)OC1(C)C.CO.O. The number of fused-ring (bicyclic) bond motifs is 6. The molecule has 7 rings (SSSR count). The zero-order valence-corrected chi connectivity index (χ0v) is 25.6.